The van der Waals surface area contributed by atoms with Gasteiger partial charge >= 0.3 is 0 Å². The summed E-state index contributed by atoms with van der Waals surface area (Å²) in [5.41, 5.74) is 1.68. The van der Waals surface area contributed by atoms with E-state index in [9.17, 15) is 0 Å². The van der Waals surface area contributed by atoms with E-state index in [4.69, 9.17) is 9.63 Å². The molecule has 1 unspecified atom stereocenters. The van der Waals surface area contributed by atoms with Gasteiger partial charge in [-0.15, -0.1) is 11.3 Å². The third-order valence-corrected chi connectivity index (χ3v) is 2.22. The van der Waals surface area contributed by atoms with Crippen molar-refractivity contribution in [3.63, 3.8) is 0 Å². The van der Waals surface area contributed by atoms with Crippen molar-refractivity contribution < 1.29 is 9.63 Å². The molecule has 0 aromatic carbocycles. The number of thiazole rings is 1. The van der Waals surface area contributed by atoms with E-state index < -0.39 is 6.10 Å². The molecule has 0 fully saturated rings. The molecule has 0 saturated heterocycles. The second-order valence-corrected chi connectivity index (χ2v) is 3.39. The van der Waals surface area contributed by atoms with E-state index in [1.807, 2.05) is 0 Å². The van der Waals surface area contributed by atoms with Crippen LogP contribution in [0, 0.1) is 0 Å². The molecule has 6 heteroatoms. The zero-order valence-electron chi connectivity index (χ0n) is 6.84. The van der Waals surface area contributed by atoms with Gasteiger partial charge in [0.05, 0.1) is 11.7 Å². The summed E-state index contributed by atoms with van der Waals surface area (Å²) in [6.07, 6.45) is 0.940. The monoisotopic (exact) mass is 197 g/mol. The highest BCUT2D eigenvalue weighted by atomic mass is 32.1. The average Bonchev–Trinajstić information content (AvgIpc) is 2.75. The minimum Gasteiger partial charge on any atom is -0.385 e. The zero-order valence-corrected chi connectivity index (χ0v) is 7.65. The highest BCUT2D eigenvalue weighted by molar-refractivity contribution is 7.13. The van der Waals surface area contributed by atoms with Gasteiger partial charge in [0, 0.05) is 0 Å². The quantitative estimate of drug-likeness (QED) is 0.784. The second-order valence-electron chi connectivity index (χ2n) is 2.50. The first-order valence-corrected chi connectivity index (χ1v) is 4.56. The molecule has 0 aliphatic rings. The largest absolute Gasteiger partial charge is 0.385 e. The van der Waals surface area contributed by atoms with Gasteiger partial charge in [-0.1, -0.05) is 5.16 Å². The molecule has 2 rings (SSSR count). The summed E-state index contributed by atoms with van der Waals surface area (Å²) >= 11 is 1.41. The molecule has 68 valence electrons. The zero-order chi connectivity index (χ0) is 9.26. The fourth-order valence-electron chi connectivity index (χ4n) is 0.826. The molecule has 5 nitrogen and oxygen atoms in total. The van der Waals surface area contributed by atoms with Crippen LogP contribution in [0.5, 0.6) is 0 Å². The minimum atomic E-state index is -0.703. The Bertz CT molecular complexity index is 382. The summed E-state index contributed by atoms with van der Waals surface area (Å²) in [6, 6.07) is 0. The van der Waals surface area contributed by atoms with Crippen molar-refractivity contribution in [1.29, 1.82) is 0 Å². The third-order valence-electron chi connectivity index (χ3n) is 1.46. The Labute approximate surface area is 78.1 Å². The molecule has 0 radical (unpaired) electrons. The third kappa shape index (κ3) is 1.58. The number of aromatic nitrogens is 3. The molecule has 0 saturated carbocycles. The van der Waals surface area contributed by atoms with Crippen LogP contribution in [0.2, 0.25) is 0 Å². The Morgan fingerprint density at radius 1 is 1.62 bits per heavy atom. The van der Waals surface area contributed by atoms with E-state index in [-0.39, 0.29) is 0 Å². The van der Waals surface area contributed by atoms with Crippen LogP contribution in [0.1, 0.15) is 18.9 Å². The maximum atomic E-state index is 9.14. The SMILES string of the molecule is CC(O)c1noc(-c2cncs2)n1. The smallest absolute Gasteiger partial charge is 0.269 e. The predicted molar refractivity (Wildman–Crippen MR) is 46.0 cm³/mol. The lowest BCUT2D eigenvalue weighted by atomic mass is 10.4. The van der Waals surface area contributed by atoms with E-state index in [2.05, 4.69) is 15.1 Å². The molecular weight excluding hydrogens is 190 g/mol. The van der Waals surface area contributed by atoms with Crippen LogP contribution in [0.15, 0.2) is 16.2 Å². The fourth-order valence-corrected chi connectivity index (χ4v) is 1.37. The van der Waals surface area contributed by atoms with Gasteiger partial charge in [-0.3, -0.25) is 4.98 Å². The molecule has 2 aromatic heterocycles. The number of nitrogens with zero attached hydrogens (tertiary/aromatic N) is 3. The fraction of sp³-hybridized carbons (Fsp3) is 0.286. The molecule has 13 heavy (non-hydrogen) atoms. The summed E-state index contributed by atoms with van der Waals surface area (Å²) < 4.78 is 4.92. The van der Waals surface area contributed by atoms with Crippen LogP contribution in [0.25, 0.3) is 10.8 Å². The first kappa shape index (κ1) is 8.33. The van der Waals surface area contributed by atoms with Crippen molar-refractivity contribution in [3.8, 4) is 10.8 Å². The molecular formula is C7H7N3O2S. The lowest BCUT2D eigenvalue weighted by molar-refractivity contribution is 0.184. The van der Waals surface area contributed by atoms with Crippen LogP contribution in [-0.4, -0.2) is 20.2 Å². The molecule has 0 amide bonds. The summed E-state index contributed by atoms with van der Waals surface area (Å²) in [4.78, 5) is 8.68. The number of hydrogen-bond donors (Lipinski definition) is 1. The normalized spacial score (nSPS) is 13.1. The average molecular weight is 197 g/mol. The Morgan fingerprint density at radius 2 is 2.46 bits per heavy atom. The van der Waals surface area contributed by atoms with Gasteiger partial charge < -0.3 is 9.63 Å². The first-order chi connectivity index (χ1) is 6.27. The van der Waals surface area contributed by atoms with Crippen LogP contribution < -0.4 is 0 Å². The highest BCUT2D eigenvalue weighted by Crippen LogP contribution is 2.22. The van der Waals surface area contributed by atoms with Crippen molar-refractivity contribution in [3.05, 3.63) is 17.5 Å². The van der Waals surface area contributed by atoms with E-state index in [1.165, 1.54) is 11.3 Å². The van der Waals surface area contributed by atoms with Crippen molar-refractivity contribution in [2.75, 3.05) is 0 Å². The summed E-state index contributed by atoms with van der Waals surface area (Å²) in [5, 5.41) is 12.8. The van der Waals surface area contributed by atoms with Gasteiger partial charge in [0.25, 0.3) is 5.89 Å². The van der Waals surface area contributed by atoms with Crippen molar-refractivity contribution in [1.82, 2.24) is 15.1 Å². The molecule has 0 spiro atoms. The Morgan fingerprint density at radius 3 is 3.00 bits per heavy atom. The van der Waals surface area contributed by atoms with E-state index >= 15 is 0 Å². The van der Waals surface area contributed by atoms with Crippen LogP contribution in [-0.2, 0) is 0 Å². The summed E-state index contributed by atoms with van der Waals surface area (Å²) in [7, 11) is 0. The van der Waals surface area contributed by atoms with Gasteiger partial charge in [0.1, 0.15) is 11.0 Å². The summed E-state index contributed by atoms with van der Waals surface area (Å²) in [6.45, 7) is 1.58. The predicted octanol–water partition coefficient (Wildman–Crippen LogP) is 1.25. The first-order valence-electron chi connectivity index (χ1n) is 3.68. The standard InChI is InChI=1S/C7H7N3O2S/c1-4(11)6-9-7(12-10-6)5-2-8-3-13-5/h2-4,11H,1H3. The molecule has 1 atom stereocenters. The van der Waals surface area contributed by atoms with E-state index in [1.54, 1.807) is 18.6 Å². The van der Waals surface area contributed by atoms with Gasteiger partial charge in [0.15, 0.2) is 5.82 Å². The topological polar surface area (TPSA) is 72.0 Å². The number of hydrogen-bond acceptors (Lipinski definition) is 6. The Kier molecular flexibility index (Phi) is 2.07. The summed E-state index contributed by atoms with van der Waals surface area (Å²) in [5.74, 6) is 0.696. The van der Waals surface area contributed by atoms with Gasteiger partial charge in [-0.25, -0.2) is 0 Å². The van der Waals surface area contributed by atoms with Crippen LogP contribution in [0.4, 0.5) is 0 Å². The Balaban J connectivity index is 2.33. The van der Waals surface area contributed by atoms with E-state index in [0.29, 0.717) is 11.7 Å². The molecule has 0 aliphatic heterocycles. The van der Waals surface area contributed by atoms with Crippen molar-refractivity contribution in [2.24, 2.45) is 0 Å². The molecule has 0 bridgehead atoms. The molecule has 2 aromatic rings. The highest BCUT2D eigenvalue weighted by Gasteiger charge is 2.12. The minimum absolute atomic E-state index is 0.295. The van der Waals surface area contributed by atoms with Gasteiger partial charge in [-0.05, 0) is 6.92 Å². The number of aliphatic hydroxyl groups is 1. The lowest BCUT2D eigenvalue weighted by Gasteiger charge is -1.91. The van der Waals surface area contributed by atoms with Crippen molar-refractivity contribution in [2.45, 2.75) is 13.0 Å². The molecule has 0 aliphatic carbocycles. The molecule has 2 heterocycles. The van der Waals surface area contributed by atoms with Crippen LogP contribution >= 0.6 is 11.3 Å². The van der Waals surface area contributed by atoms with Crippen LogP contribution in [0.3, 0.4) is 0 Å². The van der Waals surface area contributed by atoms with E-state index in [0.717, 1.165) is 4.88 Å². The number of aliphatic hydroxyl groups excluding tert-OH is 1. The maximum absolute atomic E-state index is 9.14. The number of rotatable bonds is 2. The maximum Gasteiger partial charge on any atom is 0.269 e. The lowest BCUT2D eigenvalue weighted by Crippen LogP contribution is -1.92. The van der Waals surface area contributed by atoms with Gasteiger partial charge in [-0.2, -0.15) is 4.98 Å². The second kappa shape index (κ2) is 3.23. The molecule has 1 N–H and O–H groups in total. The van der Waals surface area contributed by atoms with Gasteiger partial charge in [0.2, 0.25) is 0 Å². The van der Waals surface area contributed by atoms with Crippen molar-refractivity contribution >= 4 is 11.3 Å². The Hall–Kier alpha value is -1.27.